The molecule has 2 heterocycles. The van der Waals surface area contributed by atoms with Gasteiger partial charge in [-0.25, -0.2) is 18.3 Å². The summed E-state index contributed by atoms with van der Waals surface area (Å²) in [6.45, 7) is 3.97. The number of carbonyl (C=O) groups is 3. The van der Waals surface area contributed by atoms with E-state index in [9.17, 15) is 23.2 Å². The van der Waals surface area contributed by atoms with E-state index in [1.165, 1.54) is 27.9 Å². The molecule has 200 valence electrons. The number of nitrogens with zero attached hydrogens (tertiary/aromatic N) is 5. The zero-order valence-corrected chi connectivity index (χ0v) is 22.1. The molecule has 1 aliphatic rings. The molecule has 4 rings (SSSR count). The fraction of sp³-hybridized carbons (Fsp3) is 0.320. The summed E-state index contributed by atoms with van der Waals surface area (Å²) in [4.78, 5) is 42.2. The van der Waals surface area contributed by atoms with Crippen molar-refractivity contribution in [2.24, 2.45) is 0 Å². The molecule has 0 saturated carbocycles. The molecular formula is C25H23Cl2F2N5O4. The first-order valence-corrected chi connectivity index (χ1v) is 12.2. The molecule has 1 unspecified atom stereocenters. The van der Waals surface area contributed by atoms with Crippen molar-refractivity contribution in [3.63, 3.8) is 0 Å². The highest BCUT2D eigenvalue weighted by Crippen LogP contribution is 2.30. The quantitative estimate of drug-likeness (QED) is 0.419. The number of carbonyl (C=O) groups excluding carboxylic acids is 3. The fourth-order valence-electron chi connectivity index (χ4n) is 3.99. The van der Waals surface area contributed by atoms with Crippen LogP contribution >= 0.6 is 23.2 Å². The van der Waals surface area contributed by atoms with E-state index in [-0.39, 0.29) is 22.8 Å². The number of benzene rings is 2. The van der Waals surface area contributed by atoms with Crippen molar-refractivity contribution < 1.29 is 27.9 Å². The minimum Gasteiger partial charge on any atom is -0.458 e. The maximum atomic E-state index is 14.5. The van der Waals surface area contributed by atoms with Gasteiger partial charge in [0.2, 0.25) is 11.8 Å². The number of aromatic nitrogens is 3. The van der Waals surface area contributed by atoms with E-state index in [2.05, 4.69) is 10.3 Å². The second-order valence-corrected chi connectivity index (χ2v) is 10.4. The van der Waals surface area contributed by atoms with Gasteiger partial charge in [0.1, 0.15) is 36.4 Å². The minimum atomic E-state index is -1.33. The van der Waals surface area contributed by atoms with E-state index in [0.29, 0.717) is 16.8 Å². The molecule has 1 saturated heterocycles. The van der Waals surface area contributed by atoms with Gasteiger partial charge in [0.05, 0.1) is 17.6 Å². The minimum absolute atomic E-state index is 0.00914. The topological polar surface area (TPSA) is 97.6 Å². The van der Waals surface area contributed by atoms with E-state index in [1.807, 2.05) is 0 Å². The number of rotatable bonds is 6. The molecule has 0 N–H and O–H groups in total. The Balaban J connectivity index is 1.66. The van der Waals surface area contributed by atoms with E-state index in [4.69, 9.17) is 27.9 Å². The largest absolute Gasteiger partial charge is 0.458 e. The number of esters is 1. The summed E-state index contributed by atoms with van der Waals surface area (Å²) < 4.78 is 34.7. The number of halogens is 4. The lowest BCUT2D eigenvalue weighted by Gasteiger charge is -2.38. The van der Waals surface area contributed by atoms with Crippen LogP contribution in [0.3, 0.4) is 0 Å². The first kappa shape index (κ1) is 27.5. The van der Waals surface area contributed by atoms with Gasteiger partial charge < -0.3 is 9.64 Å². The molecule has 9 nitrogen and oxygen atoms in total. The average Bonchev–Trinajstić information content (AvgIpc) is 3.25. The number of anilines is 1. The second-order valence-electron chi connectivity index (χ2n) is 9.61. The Kier molecular flexibility index (Phi) is 7.70. The molecule has 0 spiro atoms. The zero-order chi connectivity index (χ0) is 27.8. The molecule has 1 aliphatic heterocycles. The van der Waals surface area contributed by atoms with Crippen LogP contribution in [0, 0.1) is 11.6 Å². The van der Waals surface area contributed by atoms with Gasteiger partial charge in [-0.05, 0) is 50.6 Å². The van der Waals surface area contributed by atoms with Crippen LogP contribution in [-0.4, -0.2) is 62.4 Å². The molecule has 2 aromatic carbocycles. The van der Waals surface area contributed by atoms with Crippen LogP contribution in [-0.2, 0) is 25.5 Å². The Labute approximate surface area is 226 Å². The van der Waals surface area contributed by atoms with Crippen molar-refractivity contribution in [3.8, 4) is 5.69 Å². The van der Waals surface area contributed by atoms with Gasteiger partial charge in [0.25, 0.3) is 0 Å². The van der Waals surface area contributed by atoms with Crippen LogP contribution in [0.1, 0.15) is 26.3 Å². The standard InChI is InChI=1S/C25H23Cl2F2N5O4/c1-25(2,3)38-24(37)20(8-14-4-6-16(28)10-17(14)29)33-13-22(35)32(12-23(33)36)19-9-15(26)5-7-18(19)34-11-21(27)30-31-34/h4-7,9-11,20H,8,12-13H2,1-3H3. The highest BCUT2D eigenvalue weighted by Gasteiger charge is 2.40. The normalized spacial score (nSPS) is 15.1. The molecule has 1 fully saturated rings. The monoisotopic (exact) mass is 565 g/mol. The van der Waals surface area contributed by atoms with Crippen LogP contribution < -0.4 is 4.90 Å². The van der Waals surface area contributed by atoms with Crippen LogP contribution in [0.4, 0.5) is 14.5 Å². The van der Waals surface area contributed by atoms with E-state index < -0.39 is 54.2 Å². The van der Waals surface area contributed by atoms with Gasteiger partial charge >= 0.3 is 5.97 Å². The van der Waals surface area contributed by atoms with Crippen molar-refractivity contribution in [2.45, 2.75) is 38.8 Å². The molecule has 1 atom stereocenters. The first-order valence-electron chi connectivity index (χ1n) is 11.5. The highest BCUT2D eigenvalue weighted by atomic mass is 35.5. The molecule has 13 heteroatoms. The lowest BCUT2D eigenvalue weighted by molar-refractivity contribution is -0.165. The third-order valence-electron chi connectivity index (χ3n) is 5.64. The number of hydrogen-bond donors (Lipinski definition) is 0. The van der Waals surface area contributed by atoms with E-state index in [0.717, 1.165) is 11.0 Å². The SMILES string of the molecule is CC(C)(C)OC(=O)C(Cc1ccc(F)cc1F)N1CC(=O)N(c2cc(Cl)ccc2-n2cc(Cl)nn2)CC1=O. The smallest absolute Gasteiger partial charge is 0.329 e. The van der Waals surface area contributed by atoms with Gasteiger partial charge in [0, 0.05) is 17.5 Å². The van der Waals surface area contributed by atoms with Crippen molar-refractivity contribution in [3.05, 3.63) is 70.0 Å². The van der Waals surface area contributed by atoms with Crippen LogP contribution in [0.2, 0.25) is 10.2 Å². The molecule has 2 amide bonds. The third kappa shape index (κ3) is 6.11. The number of piperazine rings is 1. The van der Waals surface area contributed by atoms with Gasteiger partial charge in [-0.2, -0.15) is 0 Å². The summed E-state index contributed by atoms with van der Waals surface area (Å²) in [5.41, 5.74) is -0.263. The van der Waals surface area contributed by atoms with Gasteiger partial charge in [-0.1, -0.05) is 34.5 Å². The number of hydrogen-bond acceptors (Lipinski definition) is 6. The Morgan fingerprint density at radius 3 is 2.42 bits per heavy atom. The van der Waals surface area contributed by atoms with Crippen molar-refractivity contribution >= 4 is 46.7 Å². The Morgan fingerprint density at radius 2 is 1.79 bits per heavy atom. The number of ether oxygens (including phenoxy) is 1. The summed E-state index contributed by atoms with van der Waals surface area (Å²) in [6, 6.07) is 6.25. The maximum absolute atomic E-state index is 14.5. The first-order chi connectivity index (χ1) is 17.8. The van der Waals surface area contributed by atoms with Crippen molar-refractivity contribution in [1.82, 2.24) is 19.9 Å². The molecule has 3 aromatic rings. The van der Waals surface area contributed by atoms with E-state index >= 15 is 0 Å². The molecule has 1 aromatic heterocycles. The Bertz CT molecular complexity index is 1410. The lowest BCUT2D eigenvalue weighted by atomic mass is 10.0. The molecular weight excluding hydrogens is 543 g/mol. The zero-order valence-electron chi connectivity index (χ0n) is 20.6. The fourth-order valence-corrected chi connectivity index (χ4v) is 4.28. The Morgan fingerprint density at radius 1 is 1.05 bits per heavy atom. The molecule has 0 bridgehead atoms. The van der Waals surface area contributed by atoms with Crippen LogP contribution in [0.15, 0.2) is 42.6 Å². The van der Waals surface area contributed by atoms with Gasteiger partial charge in [0.15, 0.2) is 5.15 Å². The van der Waals surface area contributed by atoms with Crippen LogP contribution in [0.25, 0.3) is 5.69 Å². The predicted octanol–water partition coefficient (Wildman–Crippen LogP) is 3.98. The van der Waals surface area contributed by atoms with Crippen molar-refractivity contribution in [1.29, 1.82) is 0 Å². The Hall–Kier alpha value is -3.57. The predicted molar refractivity (Wildman–Crippen MR) is 135 cm³/mol. The van der Waals surface area contributed by atoms with Gasteiger partial charge in [-0.3, -0.25) is 14.5 Å². The maximum Gasteiger partial charge on any atom is 0.329 e. The molecule has 0 radical (unpaired) electrons. The summed E-state index contributed by atoms with van der Waals surface area (Å²) in [5, 5.41) is 8.06. The third-order valence-corrected chi connectivity index (χ3v) is 6.05. The molecule has 38 heavy (non-hydrogen) atoms. The average molecular weight is 566 g/mol. The molecule has 0 aliphatic carbocycles. The second kappa shape index (κ2) is 10.7. The van der Waals surface area contributed by atoms with E-state index in [1.54, 1.807) is 32.9 Å². The lowest BCUT2D eigenvalue weighted by Crippen LogP contribution is -2.60. The van der Waals surface area contributed by atoms with Gasteiger partial charge in [-0.15, -0.1) is 5.10 Å². The highest BCUT2D eigenvalue weighted by molar-refractivity contribution is 6.31. The number of amides is 2. The summed E-state index contributed by atoms with van der Waals surface area (Å²) in [5.74, 6) is -3.62. The summed E-state index contributed by atoms with van der Waals surface area (Å²) >= 11 is 12.1. The summed E-state index contributed by atoms with van der Waals surface area (Å²) in [7, 11) is 0. The van der Waals surface area contributed by atoms with Crippen molar-refractivity contribution in [2.75, 3.05) is 18.0 Å². The van der Waals surface area contributed by atoms with Crippen LogP contribution in [0.5, 0.6) is 0 Å². The summed E-state index contributed by atoms with van der Waals surface area (Å²) in [6.07, 6.45) is 1.10.